The highest BCUT2D eigenvalue weighted by molar-refractivity contribution is 5.76. The molecule has 0 aliphatic carbocycles. The van der Waals surface area contributed by atoms with Crippen molar-refractivity contribution in [2.45, 2.75) is 89.9 Å². The lowest BCUT2D eigenvalue weighted by Gasteiger charge is -2.47. The van der Waals surface area contributed by atoms with Crippen molar-refractivity contribution < 1.29 is 76.5 Å². The van der Waals surface area contributed by atoms with Crippen LogP contribution in [0.1, 0.15) is 48.0 Å². The molecule has 34 heavy (non-hydrogen) atoms. The summed E-state index contributed by atoms with van der Waals surface area (Å²) in [6.45, 7) is 5.12. The van der Waals surface area contributed by atoms with Gasteiger partial charge < -0.3 is 5.11 Å². The number of carboxylic acid groups (broad SMARTS) is 1. The molecule has 204 valence electrons. The van der Waals surface area contributed by atoms with E-state index in [1.165, 1.54) is 0 Å². The van der Waals surface area contributed by atoms with Crippen molar-refractivity contribution in [2.24, 2.45) is 10.8 Å². The number of halogens is 13. The number of rotatable bonds is 8. The molecule has 0 spiro atoms. The van der Waals surface area contributed by atoms with Crippen LogP contribution in [-0.2, 0) is 14.3 Å². The van der Waals surface area contributed by atoms with Gasteiger partial charge in [-0.05, 0) is 11.8 Å². The van der Waals surface area contributed by atoms with Crippen molar-refractivity contribution in [3.63, 3.8) is 0 Å². The van der Waals surface area contributed by atoms with E-state index >= 15 is 4.39 Å². The number of ether oxygens (including phenoxy) is 2. The standard InChI is InChI=1S/C17H21F13O4/c1-9(2,3)7-11(18,10(4,5)6)16(27,28)34-13(20,15(24,25)26)17(29,30)33-12(19,8(31)32)14(21,22)23/h7H2,1-6H3,(H,31,32). The van der Waals surface area contributed by atoms with Crippen LogP contribution >= 0.6 is 0 Å². The Labute approximate surface area is 184 Å². The van der Waals surface area contributed by atoms with Crippen LogP contribution < -0.4 is 0 Å². The lowest BCUT2D eigenvalue weighted by Crippen LogP contribution is -2.68. The summed E-state index contributed by atoms with van der Waals surface area (Å²) in [5.74, 6) is -18.1. The SMILES string of the molecule is CC(C)(C)CC(F)(C(C)(C)C)C(F)(F)OC(F)(C(F)(F)F)C(F)(F)OC(F)(C(=O)O)C(F)(F)F. The van der Waals surface area contributed by atoms with Crippen LogP contribution in [0.4, 0.5) is 57.1 Å². The summed E-state index contributed by atoms with van der Waals surface area (Å²) in [7, 11) is 0. The summed E-state index contributed by atoms with van der Waals surface area (Å²) in [6.07, 6.45) is -29.6. The maximum atomic E-state index is 15.5. The molecule has 0 aromatic heterocycles. The largest absolute Gasteiger partial charge is 0.477 e. The van der Waals surface area contributed by atoms with Crippen molar-refractivity contribution in [1.29, 1.82) is 0 Å². The maximum absolute atomic E-state index is 15.5. The van der Waals surface area contributed by atoms with Crippen LogP contribution in [0.3, 0.4) is 0 Å². The van der Waals surface area contributed by atoms with Crippen LogP contribution in [-0.4, -0.2) is 53.0 Å². The number of carboxylic acids is 1. The van der Waals surface area contributed by atoms with E-state index in [2.05, 4.69) is 4.74 Å². The van der Waals surface area contributed by atoms with Gasteiger partial charge in [0.1, 0.15) is 0 Å². The van der Waals surface area contributed by atoms with Crippen molar-refractivity contribution in [2.75, 3.05) is 0 Å². The zero-order valence-electron chi connectivity index (χ0n) is 18.3. The minimum Gasteiger partial charge on any atom is -0.477 e. The van der Waals surface area contributed by atoms with E-state index < -0.39 is 65.2 Å². The normalized spacial score (nSPS) is 20.3. The van der Waals surface area contributed by atoms with Gasteiger partial charge in [0, 0.05) is 5.41 Å². The van der Waals surface area contributed by atoms with Crippen LogP contribution in [0.2, 0.25) is 0 Å². The van der Waals surface area contributed by atoms with Crippen LogP contribution in [0.25, 0.3) is 0 Å². The van der Waals surface area contributed by atoms with Gasteiger partial charge in [0.15, 0.2) is 0 Å². The van der Waals surface area contributed by atoms with Gasteiger partial charge in [0.2, 0.25) is 5.67 Å². The van der Waals surface area contributed by atoms with E-state index in [9.17, 15) is 57.5 Å². The Bertz CT molecular complexity index is 750. The quantitative estimate of drug-likeness (QED) is 0.342. The second kappa shape index (κ2) is 8.55. The van der Waals surface area contributed by atoms with Crippen molar-refractivity contribution >= 4 is 5.97 Å². The maximum Gasteiger partial charge on any atom is 0.460 e. The molecular formula is C17H21F13O4. The fourth-order valence-electron chi connectivity index (χ4n) is 2.54. The van der Waals surface area contributed by atoms with Gasteiger partial charge in [0.25, 0.3) is 0 Å². The molecule has 17 heteroatoms. The van der Waals surface area contributed by atoms with Crippen molar-refractivity contribution in [3.05, 3.63) is 0 Å². The summed E-state index contributed by atoms with van der Waals surface area (Å²) >= 11 is 0. The lowest BCUT2D eigenvalue weighted by molar-refractivity contribution is -0.536. The van der Waals surface area contributed by atoms with Gasteiger partial charge in [0.05, 0.1) is 0 Å². The van der Waals surface area contributed by atoms with E-state index in [1.54, 1.807) is 0 Å². The predicted octanol–water partition coefficient (Wildman–Crippen LogP) is 6.94. The van der Waals surface area contributed by atoms with Gasteiger partial charge in [-0.3, -0.25) is 9.47 Å². The first-order valence-electron chi connectivity index (χ1n) is 8.91. The molecule has 0 radical (unpaired) electrons. The van der Waals surface area contributed by atoms with Gasteiger partial charge in [-0.2, -0.15) is 52.7 Å². The van der Waals surface area contributed by atoms with Crippen molar-refractivity contribution in [1.82, 2.24) is 0 Å². The molecule has 3 unspecified atom stereocenters. The van der Waals surface area contributed by atoms with Crippen molar-refractivity contribution in [3.8, 4) is 0 Å². The fraction of sp³-hybridized carbons (Fsp3) is 0.941. The Balaban J connectivity index is 6.93. The second-order valence-corrected chi connectivity index (χ2v) is 9.52. The molecule has 0 aromatic rings. The lowest BCUT2D eigenvalue weighted by atomic mass is 9.69. The third kappa shape index (κ3) is 5.82. The Morgan fingerprint density at radius 1 is 0.647 bits per heavy atom. The van der Waals surface area contributed by atoms with E-state index in [4.69, 9.17) is 5.11 Å². The van der Waals surface area contributed by atoms with E-state index in [-0.39, 0.29) is 0 Å². The zero-order chi connectivity index (χ0) is 28.2. The highest BCUT2D eigenvalue weighted by Gasteiger charge is 2.83. The zero-order valence-corrected chi connectivity index (χ0v) is 18.3. The van der Waals surface area contributed by atoms with Gasteiger partial charge in [-0.25, -0.2) is 9.18 Å². The minimum absolute atomic E-state index is 0.638. The average Bonchev–Trinajstić information content (AvgIpc) is 2.48. The van der Waals surface area contributed by atoms with Gasteiger partial charge >= 0.3 is 42.2 Å². The van der Waals surface area contributed by atoms with E-state index in [0.29, 0.717) is 20.8 Å². The number of hydrogen-bond acceptors (Lipinski definition) is 3. The molecule has 0 amide bonds. The highest BCUT2D eigenvalue weighted by Crippen LogP contribution is 2.58. The molecular weight excluding hydrogens is 515 g/mol. The Kier molecular flexibility index (Phi) is 8.17. The highest BCUT2D eigenvalue weighted by atomic mass is 19.4. The second-order valence-electron chi connectivity index (χ2n) is 9.52. The molecule has 0 saturated heterocycles. The molecule has 3 atom stereocenters. The fourth-order valence-corrected chi connectivity index (χ4v) is 2.54. The molecule has 0 aliphatic rings. The summed E-state index contributed by atoms with van der Waals surface area (Å²) in [4.78, 5) is 10.4. The van der Waals surface area contributed by atoms with E-state index in [0.717, 1.165) is 20.8 Å². The molecule has 0 saturated carbocycles. The molecule has 1 N–H and O–H groups in total. The molecule has 0 heterocycles. The summed E-state index contributed by atoms with van der Waals surface area (Å²) in [5.41, 5.74) is -8.43. The average molecular weight is 536 g/mol. The minimum atomic E-state index is -7.45. The molecule has 0 fully saturated rings. The topological polar surface area (TPSA) is 55.8 Å². The predicted molar refractivity (Wildman–Crippen MR) is 86.9 cm³/mol. The number of aliphatic carboxylic acids is 1. The summed E-state index contributed by atoms with van der Waals surface area (Å²) in [6, 6.07) is 0. The molecule has 0 aliphatic heterocycles. The molecule has 0 aromatic carbocycles. The van der Waals surface area contributed by atoms with Gasteiger partial charge in [-0.1, -0.05) is 41.5 Å². The Hall–Kier alpha value is -1.52. The first kappa shape index (κ1) is 32.5. The first-order chi connectivity index (χ1) is 14.3. The molecule has 4 nitrogen and oxygen atoms in total. The summed E-state index contributed by atoms with van der Waals surface area (Å²) in [5, 5.41) is 8.19. The Morgan fingerprint density at radius 2 is 1.03 bits per heavy atom. The van der Waals surface area contributed by atoms with Crippen LogP contribution in [0.15, 0.2) is 0 Å². The monoisotopic (exact) mass is 536 g/mol. The Morgan fingerprint density at radius 3 is 1.26 bits per heavy atom. The van der Waals surface area contributed by atoms with Gasteiger partial charge in [-0.15, -0.1) is 0 Å². The van der Waals surface area contributed by atoms with Crippen LogP contribution in [0, 0.1) is 10.8 Å². The molecule has 0 bridgehead atoms. The number of carbonyl (C=O) groups is 1. The number of hydrogen-bond donors (Lipinski definition) is 1. The van der Waals surface area contributed by atoms with E-state index in [1.807, 2.05) is 4.74 Å². The molecule has 0 rings (SSSR count). The smallest absolute Gasteiger partial charge is 0.460 e. The summed E-state index contributed by atoms with van der Waals surface area (Å²) < 4.78 is 183. The first-order valence-corrected chi connectivity index (χ1v) is 8.91. The number of alkyl halides is 13. The van der Waals surface area contributed by atoms with Crippen LogP contribution in [0.5, 0.6) is 0 Å². The third-order valence-electron chi connectivity index (χ3n) is 4.34. The third-order valence-corrected chi connectivity index (χ3v) is 4.34.